The molecular weight excluding hydrogens is 234 g/mol. The van der Waals surface area contributed by atoms with Gasteiger partial charge in [0.2, 0.25) is 0 Å². The Morgan fingerprint density at radius 2 is 1.95 bits per heavy atom. The molecule has 2 atom stereocenters. The molecule has 1 aromatic carbocycles. The maximum atomic E-state index is 12.8. The van der Waals surface area contributed by atoms with E-state index in [1.165, 1.54) is 31.2 Å². The number of fused-ring (bicyclic) bond motifs is 2. The third kappa shape index (κ3) is 1.59. The molecule has 0 radical (unpaired) electrons. The first kappa shape index (κ1) is 11.3. The molecule has 2 saturated carbocycles. The van der Waals surface area contributed by atoms with Gasteiger partial charge in [0, 0.05) is 28.6 Å². The minimum Gasteiger partial charge on any atom is -0.360 e. The van der Waals surface area contributed by atoms with E-state index in [4.69, 9.17) is 0 Å². The van der Waals surface area contributed by atoms with E-state index >= 15 is 0 Å². The summed E-state index contributed by atoms with van der Waals surface area (Å²) in [6.07, 6.45) is 7.09. The van der Waals surface area contributed by atoms with Gasteiger partial charge in [0.05, 0.1) is 0 Å². The average molecular weight is 253 g/mol. The Hall–Kier alpha value is -1.57. The number of ketones is 1. The number of rotatable bonds is 2. The van der Waals surface area contributed by atoms with Crippen LogP contribution in [0.4, 0.5) is 0 Å². The van der Waals surface area contributed by atoms with Crippen molar-refractivity contribution in [3.63, 3.8) is 0 Å². The molecule has 1 aromatic heterocycles. The van der Waals surface area contributed by atoms with Crippen molar-refractivity contribution in [2.24, 2.45) is 17.8 Å². The molecule has 2 nitrogen and oxygen atoms in total. The van der Waals surface area contributed by atoms with Crippen molar-refractivity contribution >= 4 is 16.7 Å². The van der Waals surface area contributed by atoms with E-state index in [9.17, 15) is 4.79 Å². The van der Waals surface area contributed by atoms with Crippen LogP contribution in [0.5, 0.6) is 0 Å². The topological polar surface area (TPSA) is 32.9 Å². The zero-order valence-corrected chi connectivity index (χ0v) is 11.3. The highest BCUT2D eigenvalue weighted by Gasteiger charge is 2.54. The number of Topliss-reactive ketones (excluding diaryl/α,β-unsaturated/α-hetero) is 1. The Morgan fingerprint density at radius 3 is 2.68 bits per heavy atom. The summed E-state index contributed by atoms with van der Waals surface area (Å²) in [5.41, 5.74) is 3.21. The average Bonchev–Trinajstić information content (AvgIpc) is 2.99. The highest BCUT2D eigenvalue weighted by atomic mass is 16.1. The number of aryl methyl sites for hydroxylation is 1. The number of hydrogen-bond acceptors (Lipinski definition) is 1. The lowest BCUT2D eigenvalue weighted by Crippen LogP contribution is -2.03. The Morgan fingerprint density at radius 1 is 1.21 bits per heavy atom. The van der Waals surface area contributed by atoms with E-state index in [-0.39, 0.29) is 0 Å². The smallest absolute Gasteiger partial charge is 0.168 e. The molecular formula is C17H19NO. The highest BCUT2D eigenvalue weighted by molar-refractivity contribution is 6.11. The fraction of sp³-hybridized carbons (Fsp3) is 0.471. The van der Waals surface area contributed by atoms with Crippen molar-refractivity contribution in [3.05, 3.63) is 35.5 Å². The standard InChI is InChI=1S/C17H19NO/c1-10-5-4-8-14-15(10)13(9-18-14)17(19)16-11-6-2-3-7-12(11)16/h4-5,8-9,11-12,16,18H,2-3,6-7H2,1H3. The number of hydrogen-bond donors (Lipinski definition) is 1. The van der Waals surface area contributed by atoms with Crippen LogP contribution in [-0.4, -0.2) is 10.8 Å². The zero-order valence-electron chi connectivity index (χ0n) is 11.3. The lowest BCUT2D eigenvalue weighted by atomic mass is 10.0. The Kier molecular flexibility index (Phi) is 2.35. The number of carbonyl (C=O) groups excluding carboxylic acids is 1. The molecule has 0 spiro atoms. The summed E-state index contributed by atoms with van der Waals surface area (Å²) < 4.78 is 0. The highest BCUT2D eigenvalue weighted by Crippen LogP contribution is 2.56. The van der Waals surface area contributed by atoms with Crippen molar-refractivity contribution in [1.29, 1.82) is 0 Å². The van der Waals surface area contributed by atoms with Crippen LogP contribution >= 0.6 is 0 Å². The summed E-state index contributed by atoms with van der Waals surface area (Å²) in [5.74, 6) is 2.09. The fourth-order valence-corrected chi connectivity index (χ4v) is 4.12. The van der Waals surface area contributed by atoms with Crippen LogP contribution in [0, 0.1) is 24.7 Å². The molecule has 0 bridgehead atoms. The van der Waals surface area contributed by atoms with Crippen molar-refractivity contribution < 1.29 is 4.79 Å². The van der Waals surface area contributed by atoms with Crippen LogP contribution in [0.3, 0.4) is 0 Å². The maximum absolute atomic E-state index is 12.8. The zero-order chi connectivity index (χ0) is 13.0. The van der Waals surface area contributed by atoms with Crippen LogP contribution in [-0.2, 0) is 0 Å². The summed E-state index contributed by atoms with van der Waals surface area (Å²) in [6.45, 7) is 2.09. The largest absolute Gasteiger partial charge is 0.360 e. The molecule has 0 amide bonds. The van der Waals surface area contributed by atoms with Crippen LogP contribution in [0.25, 0.3) is 10.9 Å². The van der Waals surface area contributed by atoms with E-state index in [2.05, 4.69) is 24.0 Å². The van der Waals surface area contributed by atoms with Gasteiger partial charge in [0.1, 0.15) is 0 Å². The van der Waals surface area contributed by atoms with Gasteiger partial charge in [-0.3, -0.25) is 4.79 Å². The minimum atomic E-state index is 0.320. The second-order valence-corrected chi connectivity index (χ2v) is 6.20. The Labute approximate surface area is 113 Å². The second kappa shape index (κ2) is 3.96. The van der Waals surface area contributed by atoms with E-state index < -0.39 is 0 Å². The quantitative estimate of drug-likeness (QED) is 0.803. The number of nitrogens with one attached hydrogen (secondary N) is 1. The second-order valence-electron chi connectivity index (χ2n) is 6.20. The molecule has 4 rings (SSSR count). The lowest BCUT2D eigenvalue weighted by Gasteiger charge is -2.04. The molecule has 19 heavy (non-hydrogen) atoms. The van der Waals surface area contributed by atoms with Gasteiger partial charge in [-0.1, -0.05) is 25.0 Å². The molecule has 2 aromatic rings. The number of H-pyrrole nitrogens is 1. The molecule has 1 heterocycles. The van der Waals surface area contributed by atoms with Crippen molar-refractivity contribution in [2.75, 3.05) is 0 Å². The first-order chi connectivity index (χ1) is 9.27. The predicted octanol–water partition coefficient (Wildman–Crippen LogP) is 4.10. The SMILES string of the molecule is Cc1cccc2[nH]cc(C(=O)C3C4CCCCC43)c12. The normalized spacial score (nSPS) is 29.2. The minimum absolute atomic E-state index is 0.320. The summed E-state index contributed by atoms with van der Waals surface area (Å²) in [4.78, 5) is 16.0. The first-order valence-corrected chi connectivity index (χ1v) is 7.38. The van der Waals surface area contributed by atoms with Gasteiger partial charge in [0.25, 0.3) is 0 Å². The molecule has 2 fully saturated rings. The van der Waals surface area contributed by atoms with Gasteiger partial charge in [-0.15, -0.1) is 0 Å². The van der Waals surface area contributed by atoms with Crippen LogP contribution in [0.15, 0.2) is 24.4 Å². The first-order valence-electron chi connectivity index (χ1n) is 7.38. The number of aromatic nitrogens is 1. The van der Waals surface area contributed by atoms with E-state index in [0.29, 0.717) is 23.5 Å². The van der Waals surface area contributed by atoms with Crippen molar-refractivity contribution in [3.8, 4) is 0 Å². The molecule has 0 saturated heterocycles. The van der Waals surface area contributed by atoms with Gasteiger partial charge >= 0.3 is 0 Å². The van der Waals surface area contributed by atoms with E-state index in [0.717, 1.165) is 16.5 Å². The summed E-state index contributed by atoms with van der Waals surface area (Å²) in [5, 5.41) is 1.14. The fourth-order valence-electron chi connectivity index (χ4n) is 4.12. The number of carbonyl (C=O) groups is 1. The van der Waals surface area contributed by atoms with E-state index in [1.807, 2.05) is 12.3 Å². The predicted molar refractivity (Wildman–Crippen MR) is 76.3 cm³/mol. The van der Waals surface area contributed by atoms with Crippen LogP contribution in [0.1, 0.15) is 41.6 Å². The number of benzene rings is 1. The van der Waals surface area contributed by atoms with Gasteiger partial charge in [-0.05, 0) is 43.2 Å². The third-order valence-corrected chi connectivity index (χ3v) is 5.14. The monoisotopic (exact) mass is 253 g/mol. The molecule has 2 heteroatoms. The van der Waals surface area contributed by atoms with Crippen molar-refractivity contribution in [1.82, 2.24) is 4.98 Å². The summed E-state index contributed by atoms with van der Waals surface area (Å²) in [6, 6.07) is 6.19. The van der Waals surface area contributed by atoms with E-state index in [1.54, 1.807) is 0 Å². The molecule has 2 aliphatic carbocycles. The molecule has 2 unspecified atom stereocenters. The lowest BCUT2D eigenvalue weighted by molar-refractivity contribution is 0.0958. The van der Waals surface area contributed by atoms with Gasteiger partial charge in [-0.2, -0.15) is 0 Å². The van der Waals surface area contributed by atoms with Crippen LogP contribution < -0.4 is 0 Å². The van der Waals surface area contributed by atoms with Gasteiger partial charge in [0.15, 0.2) is 5.78 Å². The summed E-state index contributed by atoms with van der Waals surface area (Å²) >= 11 is 0. The Balaban J connectivity index is 1.73. The molecule has 2 aliphatic rings. The molecule has 98 valence electrons. The maximum Gasteiger partial charge on any atom is 0.168 e. The van der Waals surface area contributed by atoms with Crippen molar-refractivity contribution in [2.45, 2.75) is 32.6 Å². The summed E-state index contributed by atoms with van der Waals surface area (Å²) in [7, 11) is 0. The Bertz CT molecular complexity index is 642. The van der Waals surface area contributed by atoms with Gasteiger partial charge < -0.3 is 4.98 Å². The number of aromatic amines is 1. The molecule has 0 aliphatic heterocycles. The van der Waals surface area contributed by atoms with Crippen LogP contribution in [0.2, 0.25) is 0 Å². The third-order valence-electron chi connectivity index (χ3n) is 5.14. The van der Waals surface area contributed by atoms with Gasteiger partial charge in [-0.25, -0.2) is 0 Å². The molecule has 1 N–H and O–H groups in total.